The molecule has 0 unspecified atom stereocenters. The SMILES string of the molecule is Cc1cccc(C(=O)Nc2sc(SCC(=O)NC3CC3)nc2-c2ccccc2)c1. The Morgan fingerprint density at radius 2 is 1.93 bits per heavy atom. The van der Waals surface area contributed by atoms with Gasteiger partial charge in [-0.2, -0.15) is 0 Å². The molecule has 0 radical (unpaired) electrons. The van der Waals surface area contributed by atoms with Crippen molar-refractivity contribution in [2.45, 2.75) is 30.1 Å². The third-order valence-electron chi connectivity index (χ3n) is 4.43. The molecule has 0 aliphatic heterocycles. The van der Waals surface area contributed by atoms with Gasteiger partial charge in [-0.05, 0) is 31.9 Å². The van der Waals surface area contributed by atoms with Crippen LogP contribution in [0.15, 0.2) is 58.9 Å². The number of aromatic nitrogens is 1. The molecule has 0 atom stereocenters. The monoisotopic (exact) mass is 423 g/mol. The number of nitrogens with one attached hydrogen (secondary N) is 2. The minimum Gasteiger partial charge on any atom is -0.353 e. The Bertz CT molecular complexity index is 1030. The maximum absolute atomic E-state index is 12.8. The summed E-state index contributed by atoms with van der Waals surface area (Å²) in [6, 6.07) is 17.6. The molecule has 5 nitrogen and oxygen atoms in total. The first-order valence-corrected chi connectivity index (χ1v) is 11.2. The molecule has 1 heterocycles. The first-order valence-electron chi connectivity index (χ1n) is 9.45. The highest BCUT2D eigenvalue weighted by Gasteiger charge is 2.23. The molecule has 0 spiro atoms. The number of carbonyl (C=O) groups is 2. The maximum Gasteiger partial charge on any atom is 0.256 e. The molecule has 1 aromatic heterocycles. The predicted molar refractivity (Wildman–Crippen MR) is 119 cm³/mol. The van der Waals surface area contributed by atoms with E-state index in [2.05, 4.69) is 10.6 Å². The summed E-state index contributed by atoms with van der Waals surface area (Å²) in [7, 11) is 0. The Morgan fingerprint density at radius 1 is 1.14 bits per heavy atom. The summed E-state index contributed by atoms with van der Waals surface area (Å²) in [5.41, 5.74) is 3.29. The molecule has 3 aromatic rings. The fraction of sp³-hybridized carbons (Fsp3) is 0.227. The molecular formula is C22H21N3O2S2. The Morgan fingerprint density at radius 3 is 2.66 bits per heavy atom. The van der Waals surface area contributed by atoms with Gasteiger partial charge in [0.2, 0.25) is 5.91 Å². The van der Waals surface area contributed by atoms with E-state index >= 15 is 0 Å². The van der Waals surface area contributed by atoms with E-state index in [4.69, 9.17) is 4.98 Å². The second-order valence-electron chi connectivity index (χ2n) is 6.98. The van der Waals surface area contributed by atoms with Gasteiger partial charge >= 0.3 is 0 Å². The summed E-state index contributed by atoms with van der Waals surface area (Å²) in [6.45, 7) is 1.96. The van der Waals surface area contributed by atoms with Crippen molar-refractivity contribution < 1.29 is 9.59 Å². The molecule has 1 aliphatic carbocycles. The second-order valence-corrected chi connectivity index (χ2v) is 9.20. The number of rotatable bonds is 7. The fourth-order valence-electron chi connectivity index (χ4n) is 2.82. The molecule has 2 aromatic carbocycles. The van der Waals surface area contributed by atoms with Crippen LogP contribution in [0.25, 0.3) is 11.3 Å². The van der Waals surface area contributed by atoms with Crippen LogP contribution in [-0.2, 0) is 4.79 Å². The van der Waals surface area contributed by atoms with Crippen LogP contribution in [0.4, 0.5) is 5.00 Å². The molecule has 1 saturated carbocycles. The van der Waals surface area contributed by atoms with Crippen LogP contribution in [0, 0.1) is 6.92 Å². The van der Waals surface area contributed by atoms with E-state index in [1.165, 1.54) is 23.1 Å². The smallest absolute Gasteiger partial charge is 0.256 e. The van der Waals surface area contributed by atoms with E-state index in [0.29, 0.717) is 22.4 Å². The average Bonchev–Trinajstić information content (AvgIpc) is 3.45. The largest absolute Gasteiger partial charge is 0.353 e. The van der Waals surface area contributed by atoms with Crippen LogP contribution in [0.2, 0.25) is 0 Å². The molecule has 0 bridgehead atoms. The van der Waals surface area contributed by atoms with Gasteiger partial charge in [-0.15, -0.1) is 0 Å². The van der Waals surface area contributed by atoms with E-state index in [0.717, 1.165) is 34.0 Å². The van der Waals surface area contributed by atoms with Gasteiger partial charge in [0.15, 0.2) is 4.34 Å². The minimum absolute atomic E-state index is 0.0271. The lowest BCUT2D eigenvalue weighted by Gasteiger charge is -2.06. The van der Waals surface area contributed by atoms with Crippen molar-refractivity contribution in [3.05, 3.63) is 65.7 Å². The molecule has 148 valence electrons. The number of benzene rings is 2. The third-order valence-corrected chi connectivity index (χ3v) is 6.55. The van der Waals surface area contributed by atoms with Gasteiger partial charge < -0.3 is 10.6 Å². The summed E-state index contributed by atoms with van der Waals surface area (Å²) >= 11 is 2.80. The summed E-state index contributed by atoms with van der Waals surface area (Å²) in [5.74, 6) is 0.181. The Hall–Kier alpha value is -2.64. The summed E-state index contributed by atoms with van der Waals surface area (Å²) in [4.78, 5) is 29.4. The molecule has 2 amide bonds. The number of amides is 2. The normalized spacial score (nSPS) is 13.1. The van der Waals surface area contributed by atoms with E-state index < -0.39 is 0 Å². The quantitative estimate of drug-likeness (QED) is 0.539. The molecule has 2 N–H and O–H groups in total. The van der Waals surface area contributed by atoms with Crippen LogP contribution in [0.5, 0.6) is 0 Å². The maximum atomic E-state index is 12.8. The molecule has 1 aliphatic rings. The van der Waals surface area contributed by atoms with E-state index in [1.54, 1.807) is 6.07 Å². The molecular weight excluding hydrogens is 402 g/mol. The summed E-state index contributed by atoms with van der Waals surface area (Å²) < 4.78 is 0.759. The van der Waals surface area contributed by atoms with Gasteiger partial charge in [0.25, 0.3) is 5.91 Å². The van der Waals surface area contributed by atoms with E-state index in [1.807, 2.05) is 55.5 Å². The number of anilines is 1. The highest BCUT2D eigenvalue weighted by molar-refractivity contribution is 8.01. The first kappa shape index (κ1) is 19.7. The topological polar surface area (TPSA) is 71.1 Å². The molecule has 0 saturated heterocycles. The lowest BCUT2D eigenvalue weighted by Crippen LogP contribution is -2.26. The number of nitrogens with zero attached hydrogens (tertiary/aromatic N) is 1. The van der Waals surface area contributed by atoms with Gasteiger partial charge in [0.1, 0.15) is 10.7 Å². The number of thioether (sulfide) groups is 1. The number of carbonyl (C=O) groups excluding carboxylic acids is 2. The lowest BCUT2D eigenvalue weighted by atomic mass is 10.1. The van der Waals surface area contributed by atoms with Gasteiger partial charge in [-0.3, -0.25) is 9.59 Å². The third kappa shape index (κ3) is 5.25. The van der Waals surface area contributed by atoms with Gasteiger partial charge in [-0.1, -0.05) is 71.1 Å². The molecule has 4 rings (SSSR count). The van der Waals surface area contributed by atoms with Crippen LogP contribution in [-0.4, -0.2) is 28.6 Å². The molecule has 7 heteroatoms. The van der Waals surface area contributed by atoms with Crippen molar-refractivity contribution in [3.63, 3.8) is 0 Å². The highest BCUT2D eigenvalue weighted by atomic mass is 32.2. The minimum atomic E-state index is -0.169. The van der Waals surface area contributed by atoms with Crippen molar-refractivity contribution in [1.82, 2.24) is 10.3 Å². The van der Waals surface area contributed by atoms with E-state index in [9.17, 15) is 9.59 Å². The van der Waals surface area contributed by atoms with Gasteiger partial charge in [-0.25, -0.2) is 4.98 Å². The zero-order chi connectivity index (χ0) is 20.2. The second kappa shape index (κ2) is 8.80. The average molecular weight is 424 g/mol. The number of thiazole rings is 1. The van der Waals surface area contributed by atoms with Crippen LogP contribution in [0.1, 0.15) is 28.8 Å². The highest BCUT2D eigenvalue weighted by Crippen LogP contribution is 2.37. The fourth-order valence-corrected chi connectivity index (χ4v) is 4.70. The summed E-state index contributed by atoms with van der Waals surface area (Å²) in [5, 5.41) is 6.68. The predicted octanol–water partition coefficient (Wildman–Crippen LogP) is 4.74. The van der Waals surface area contributed by atoms with Crippen LogP contribution < -0.4 is 10.6 Å². The first-order chi connectivity index (χ1) is 14.1. The van der Waals surface area contributed by atoms with Gasteiger partial charge in [0, 0.05) is 17.2 Å². The van der Waals surface area contributed by atoms with Crippen molar-refractivity contribution in [2.24, 2.45) is 0 Å². The zero-order valence-corrected chi connectivity index (χ0v) is 17.6. The Balaban J connectivity index is 1.54. The van der Waals surface area contributed by atoms with Crippen LogP contribution >= 0.6 is 23.1 Å². The lowest BCUT2D eigenvalue weighted by molar-refractivity contribution is -0.118. The number of hydrogen-bond donors (Lipinski definition) is 2. The zero-order valence-electron chi connectivity index (χ0n) is 16.0. The van der Waals surface area contributed by atoms with E-state index in [-0.39, 0.29) is 11.8 Å². The number of aryl methyl sites for hydroxylation is 1. The summed E-state index contributed by atoms with van der Waals surface area (Å²) in [6.07, 6.45) is 2.14. The Kier molecular flexibility index (Phi) is 5.97. The van der Waals surface area contributed by atoms with Crippen molar-refractivity contribution in [3.8, 4) is 11.3 Å². The van der Waals surface area contributed by atoms with Crippen molar-refractivity contribution in [1.29, 1.82) is 0 Å². The number of hydrogen-bond acceptors (Lipinski definition) is 5. The van der Waals surface area contributed by atoms with Crippen LogP contribution in [0.3, 0.4) is 0 Å². The Labute approximate surface area is 178 Å². The molecule has 1 fully saturated rings. The molecule has 29 heavy (non-hydrogen) atoms. The van der Waals surface area contributed by atoms with Crippen molar-refractivity contribution in [2.75, 3.05) is 11.1 Å². The standard InChI is InChI=1S/C22H21N3O2S2/c1-14-6-5-9-16(12-14)20(27)25-21-19(15-7-3-2-4-8-15)24-22(29-21)28-13-18(26)23-17-10-11-17/h2-9,12,17H,10-11,13H2,1H3,(H,23,26)(H,25,27). The van der Waals surface area contributed by atoms with Gasteiger partial charge in [0.05, 0.1) is 5.75 Å². The van der Waals surface area contributed by atoms with Crippen molar-refractivity contribution >= 4 is 39.9 Å².